The van der Waals surface area contributed by atoms with Crippen LogP contribution in [0.25, 0.3) is 0 Å². The van der Waals surface area contributed by atoms with Gasteiger partial charge in [-0.05, 0) is 43.9 Å². The van der Waals surface area contributed by atoms with Crippen LogP contribution in [0.2, 0.25) is 5.02 Å². The second-order valence-electron chi connectivity index (χ2n) is 6.06. The molecule has 23 heavy (non-hydrogen) atoms. The van der Waals surface area contributed by atoms with Gasteiger partial charge in [-0.25, -0.2) is 0 Å². The lowest BCUT2D eigenvalue weighted by atomic mass is 9.98. The Bertz CT molecular complexity index is 584. The standard InChI is InChI=1S/C18H24ClN3O/c1-3-13(4-2)18(23)22-9-7-16(8-10-22)21-17-6-5-15(19)11-14(17)12-20/h5-6,11,13,16,21H,3-4,7-10H2,1-2H3. The van der Waals surface area contributed by atoms with Crippen LogP contribution in [-0.2, 0) is 4.79 Å². The van der Waals surface area contributed by atoms with Gasteiger partial charge in [0.2, 0.25) is 5.91 Å². The summed E-state index contributed by atoms with van der Waals surface area (Å²) >= 11 is 5.93. The van der Waals surface area contributed by atoms with Crippen LogP contribution in [0.4, 0.5) is 5.69 Å². The average Bonchev–Trinajstić information content (AvgIpc) is 2.58. The predicted molar refractivity (Wildman–Crippen MR) is 93.5 cm³/mol. The van der Waals surface area contributed by atoms with Gasteiger partial charge in [-0.15, -0.1) is 0 Å². The molecule has 1 aromatic carbocycles. The van der Waals surface area contributed by atoms with E-state index in [1.165, 1.54) is 0 Å². The largest absolute Gasteiger partial charge is 0.381 e. The number of nitriles is 1. The molecule has 1 fully saturated rings. The highest BCUT2D eigenvalue weighted by molar-refractivity contribution is 6.30. The lowest BCUT2D eigenvalue weighted by Crippen LogP contribution is -2.44. The predicted octanol–water partition coefficient (Wildman–Crippen LogP) is 4.05. The van der Waals surface area contributed by atoms with Gasteiger partial charge in [-0.2, -0.15) is 5.26 Å². The first-order valence-electron chi connectivity index (χ1n) is 8.34. The number of nitrogens with zero attached hydrogens (tertiary/aromatic N) is 2. The summed E-state index contributed by atoms with van der Waals surface area (Å²) < 4.78 is 0. The minimum absolute atomic E-state index is 0.154. The maximum Gasteiger partial charge on any atom is 0.225 e. The van der Waals surface area contributed by atoms with Crippen molar-refractivity contribution >= 4 is 23.2 Å². The lowest BCUT2D eigenvalue weighted by Gasteiger charge is -2.34. The number of likely N-dealkylation sites (tertiary alicyclic amines) is 1. The number of hydrogen-bond acceptors (Lipinski definition) is 3. The molecule has 0 atom stereocenters. The van der Waals surface area contributed by atoms with Gasteiger partial charge in [0.15, 0.2) is 0 Å². The van der Waals surface area contributed by atoms with E-state index in [0.717, 1.165) is 44.5 Å². The number of anilines is 1. The lowest BCUT2D eigenvalue weighted by molar-refractivity contribution is -0.136. The highest BCUT2D eigenvalue weighted by Crippen LogP contribution is 2.24. The van der Waals surface area contributed by atoms with Crippen molar-refractivity contribution < 1.29 is 4.79 Å². The van der Waals surface area contributed by atoms with Crippen molar-refractivity contribution in [1.82, 2.24) is 4.90 Å². The van der Waals surface area contributed by atoms with Crippen molar-refractivity contribution in [1.29, 1.82) is 5.26 Å². The fourth-order valence-corrected chi connectivity index (χ4v) is 3.27. The number of carbonyl (C=O) groups is 1. The van der Waals surface area contributed by atoms with Gasteiger partial charge in [0.25, 0.3) is 0 Å². The van der Waals surface area contributed by atoms with Crippen LogP contribution in [0.1, 0.15) is 45.1 Å². The Morgan fingerprint density at radius 3 is 2.61 bits per heavy atom. The quantitative estimate of drug-likeness (QED) is 0.884. The van der Waals surface area contributed by atoms with Gasteiger partial charge in [-0.3, -0.25) is 4.79 Å². The Morgan fingerprint density at radius 2 is 2.04 bits per heavy atom. The van der Waals surface area contributed by atoms with E-state index in [2.05, 4.69) is 25.2 Å². The van der Waals surface area contributed by atoms with Gasteiger partial charge < -0.3 is 10.2 Å². The molecule has 5 heteroatoms. The smallest absolute Gasteiger partial charge is 0.225 e. The van der Waals surface area contributed by atoms with Crippen LogP contribution in [0.5, 0.6) is 0 Å². The van der Waals surface area contributed by atoms with E-state index >= 15 is 0 Å². The Morgan fingerprint density at radius 1 is 1.39 bits per heavy atom. The third kappa shape index (κ3) is 4.39. The van der Waals surface area contributed by atoms with Crippen LogP contribution in [0.15, 0.2) is 18.2 Å². The van der Waals surface area contributed by atoms with E-state index in [0.29, 0.717) is 10.6 Å². The fraction of sp³-hybridized carbons (Fsp3) is 0.556. The fourth-order valence-electron chi connectivity index (χ4n) is 3.10. The SMILES string of the molecule is CCC(CC)C(=O)N1CCC(Nc2ccc(Cl)cc2C#N)CC1. The van der Waals surface area contributed by atoms with E-state index in [4.69, 9.17) is 11.6 Å². The third-order valence-corrected chi connectivity index (χ3v) is 4.84. The van der Waals surface area contributed by atoms with Crippen LogP contribution in [-0.4, -0.2) is 29.9 Å². The molecule has 0 aliphatic carbocycles. The monoisotopic (exact) mass is 333 g/mol. The van der Waals surface area contributed by atoms with Crippen molar-refractivity contribution in [3.05, 3.63) is 28.8 Å². The van der Waals surface area contributed by atoms with Crippen molar-refractivity contribution in [2.45, 2.75) is 45.6 Å². The van der Waals surface area contributed by atoms with Crippen molar-refractivity contribution in [2.24, 2.45) is 5.92 Å². The number of halogens is 1. The normalized spacial score (nSPS) is 15.5. The third-order valence-electron chi connectivity index (χ3n) is 4.60. The number of benzene rings is 1. The number of rotatable bonds is 5. The van der Waals surface area contributed by atoms with E-state index in [9.17, 15) is 10.1 Å². The number of amides is 1. The minimum atomic E-state index is 0.154. The molecular weight excluding hydrogens is 310 g/mol. The van der Waals surface area contributed by atoms with E-state index in [-0.39, 0.29) is 17.9 Å². The molecule has 1 aliphatic rings. The summed E-state index contributed by atoms with van der Waals surface area (Å²) in [4.78, 5) is 14.4. The van der Waals surface area contributed by atoms with Crippen molar-refractivity contribution in [3.63, 3.8) is 0 Å². The minimum Gasteiger partial charge on any atom is -0.381 e. The zero-order valence-electron chi connectivity index (χ0n) is 13.8. The van der Waals surface area contributed by atoms with E-state index < -0.39 is 0 Å². The first-order chi connectivity index (χ1) is 11.1. The summed E-state index contributed by atoms with van der Waals surface area (Å²) in [7, 11) is 0. The molecule has 124 valence electrons. The molecule has 1 aromatic rings. The van der Waals surface area contributed by atoms with Crippen LogP contribution < -0.4 is 5.32 Å². The second-order valence-corrected chi connectivity index (χ2v) is 6.50. The zero-order valence-corrected chi connectivity index (χ0v) is 14.6. The highest BCUT2D eigenvalue weighted by Gasteiger charge is 2.26. The first kappa shape index (κ1) is 17.6. The van der Waals surface area contributed by atoms with Crippen LogP contribution >= 0.6 is 11.6 Å². The Labute approximate surface area is 143 Å². The molecule has 0 saturated carbocycles. The molecule has 0 unspecified atom stereocenters. The Hall–Kier alpha value is -1.73. The molecule has 2 rings (SSSR count). The first-order valence-corrected chi connectivity index (χ1v) is 8.71. The number of carbonyl (C=O) groups excluding carboxylic acids is 1. The molecule has 1 amide bonds. The molecule has 0 bridgehead atoms. The van der Waals surface area contributed by atoms with E-state index in [1.807, 2.05) is 11.0 Å². The Balaban J connectivity index is 1.93. The summed E-state index contributed by atoms with van der Waals surface area (Å²) in [6, 6.07) is 7.77. The van der Waals surface area contributed by atoms with Gasteiger partial charge >= 0.3 is 0 Å². The maximum atomic E-state index is 12.4. The van der Waals surface area contributed by atoms with Crippen molar-refractivity contribution in [2.75, 3.05) is 18.4 Å². The van der Waals surface area contributed by atoms with Gasteiger partial charge in [0.1, 0.15) is 6.07 Å². The molecule has 1 N–H and O–H groups in total. The summed E-state index contributed by atoms with van der Waals surface area (Å²) in [6.45, 7) is 5.71. The summed E-state index contributed by atoms with van der Waals surface area (Å²) in [6.07, 6.45) is 3.62. The van der Waals surface area contributed by atoms with Crippen LogP contribution in [0, 0.1) is 17.2 Å². The van der Waals surface area contributed by atoms with Gasteiger partial charge in [0, 0.05) is 30.1 Å². The second kappa shape index (κ2) is 8.21. The zero-order chi connectivity index (χ0) is 16.8. The van der Waals surface area contributed by atoms with Crippen molar-refractivity contribution in [3.8, 4) is 6.07 Å². The summed E-state index contributed by atoms with van der Waals surface area (Å²) in [5, 5.41) is 13.2. The molecule has 1 saturated heterocycles. The van der Waals surface area contributed by atoms with E-state index in [1.54, 1.807) is 12.1 Å². The molecular formula is C18H24ClN3O. The summed E-state index contributed by atoms with van der Waals surface area (Å²) in [5.74, 6) is 0.443. The molecule has 1 aliphatic heterocycles. The van der Waals surface area contributed by atoms with Gasteiger partial charge in [-0.1, -0.05) is 25.4 Å². The number of nitrogens with one attached hydrogen (secondary N) is 1. The molecule has 1 heterocycles. The Kier molecular flexibility index (Phi) is 6.29. The van der Waals surface area contributed by atoms with Crippen LogP contribution in [0.3, 0.4) is 0 Å². The van der Waals surface area contributed by atoms with Gasteiger partial charge in [0.05, 0.1) is 11.3 Å². The topological polar surface area (TPSA) is 56.1 Å². The highest BCUT2D eigenvalue weighted by atomic mass is 35.5. The molecule has 0 spiro atoms. The molecule has 0 radical (unpaired) electrons. The summed E-state index contributed by atoms with van der Waals surface area (Å²) in [5.41, 5.74) is 1.38. The molecule has 0 aromatic heterocycles. The number of hydrogen-bond donors (Lipinski definition) is 1. The average molecular weight is 334 g/mol. The number of piperidine rings is 1. The molecule has 4 nitrogen and oxygen atoms in total. The maximum absolute atomic E-state index is 12.4.